The molecule has 1 aromatic carbocycles. The highest BCUT2D eigenvalue weighted by Crippen LogP contribution is 2.62. The van der Waals surface area contributed by atoms with Gasteiger partial charge in [-0.25, -0.2) is 9.78 Å². The standard InChI is InChI=1S/C22H29ClO2S/c1-21(14-26-20-5-3-19(23)4-6-20)7-2-8-22(25-24-21)17-10-15-9-16(12-17)13-18(22)11-15/h3-6,15-18H,2,7-14H2,1H3. The fraction of sp³-hybridized carbons (Fsp3) is 0.727. The minimum atomic E-state index is -0.206. The maximum absolute atomic E-state index is 6.46. The molecule has 1 aliphatic heterocycles. The highest BCUT2D eigenvalue weighted by Gasteiger charge is 2.59. The quantitative estimate of drug-likeness (QED) is 0.431. The van der Waals surface area contributed by atoms with Crippen LogP contribution in [-0.4, -0.2) is 17.0 Å². The normalized spacial score (nSPS) is 44.4. The first-order valence-corrected chi connectivity index (χ1v) is 11.7. The number of rotatable bonds is 3. The average Bonchev–Trinajstić information content (AvgIpc) is 2.79. The van der Waals surface area contributed by atoms with Crippen molar-refractivity contribution in [1.82, 2.24) is 0 Å². The minimum Gasteiger partial charge on any atom is -0.229 e. The molecule has 26 heavy (non-hydrogen) atoms. The fourth-order valence-corrected chi connectivity index (χ4v) is 7.51. The molecule has 0 aromatic heterocycles. The maximum Gasteiger partial charge on any atom is 0.110 e. The lowest BCUT2D eigenvalue weighted by atomic mass is 9.49. The van der Waals surface area contributed by atoms with Gasteiger partial charge in [0.2, 0.25) is 0 Å². The Morgan fingerprint density at radius 1 is 0.962 bits per heavy atom. The summed E-state index contributed by atoms with van der Waals surface area (Å²) in [7, 11) is 0. The van der Waals surface area contributed by atoms with Crippen LogP contribution in [0.15, 0.2) is 29.2 Å². The second kappa shape index (κ2) is 6.69. The van der Waals surface area contributed by atoms with Gasteiger partial charge < -0.3 is 0 Å². The molecule has 1 spiro atoms. The van der Waals surface area contributed by atoms with Crippen LogP contribution in [0.4, 0.5) is 0 Å². The van der Waals surface area contributed by atoms with E-state index >= 15 is 0 Å². The molecule has 2 nitrogen and oxygen atoms in total. The van der Waals surface area contributed by atoms with Crippen molar-refractivity contribution in [3.05, 3.63) is 29.3 Å². The van der Waals surface area contributed by atoms with E-state index in [1.165, 1.54) is 49.8 Å². The lowest BCUT2D eigenvalue weighted by Gasteiger charge is -2.59. The smallest absolute Gasteiger partial charge is 0.110 e. The highest BCUT2D eigenvalue weighted by molar-refractivity contribution is 7.99. The molecule has 5 aliphatic rings. The van der Waals surface area contributed by atoms with E-state index in [1.54, 1.807) is 0 Å². The molecule has 4 heteroatoms. The van der Waals surface area contributed by atoms with Crippen LogP contribution in [0.25, 0.3) is 0 Å². The first kappa shape index (κ1) is 17.8. The molecule has 1 aromatic rings. The predicted octanol–water partition coefficient (Wildman–Crippen LogP) is 6.52. The zero-order valence-corrected chi connectivity index (χ0v) is 17.2. The molecular formula is C22H29ClO2S. The van der Waals surface area contributed by atoms with Crippen LogP contribution in [0.1, 0.15) is 58.3 Å². The van der Waals surface area contributed by atoms with Crippen LogP contribution < -0.4 is 0 Å². The van der Waals surface area contributed by atoms with Crippen molar-refractivity contribution in [3.63, 3.8) is 0 Å². The Labute approximate surface area is 166 Å². The number of hydrogen-bond acceptors (Lipinski definition) is 3. The molecule has 6 rings (SSSR count). The van der Waals surface area contributed by atoms with E-state index in [0.717, 1.165) is 40.9 Å². The number of halogens is 1. The second-order valence-corrected chi connectivity index (χ2v) is 11.0. The van der Waals surface area contributed by atoms with Gasteiger partial charge in [-0.1, -0.05) is 11.6 Å². The minimum absolute atomic E-state index is 0.0239. The van der Waals surface area contributed by atoms with Gasteiger partial charge in [0.25, 0.3) is 0 Å². The van der Waals surface area contributed by atoms with Gasteiger partial charge in [0.05, 0.1) is 0 Å². The molecule has 0 radical (unpaired) electrons. The van der Waals surface area contributed by atoms with Crippen LogP contribution in [-0.2, 0) is 9.78 Å². The predicted molar refractivity (Wildman–Crippen MR) is 106 cm³/mol. The third-order valence-corrected chi connectivity index (χ3v) is 9.16. The summed E-state index contributed by atoms with van der Waals surface area (Å²) in [6, 6.07) is 8.10. The zero-order valence-electron chi connectivity index (χ0n) is 15.6. The van der Waals surface area contributed by atoms with E-state index < -0.39 is 0 Å². The highest BCUT2D eigenvalue weighted by atomic mass is 35.5. The molecule has 1 saturated heterocycles. The number of hydrogen-bond donors (Lipinski definition) is 0. The van der Waals surface area contributed by atoms with Crippen molar-refractivity contribution < 1.29 is 9.78 Å². The van der Waals surface area contributed by atoms with E-state index in [2.05, 4.69) is 19.1 Å². The zero-order chi connectivity index (χ0) is 17.8. The monoisotopic (exact) mass is 392 g/mol. The third kappa shape index (κ3) is 3.13. The van der Waals surface area contributed by atoms with Crippen LogP contribution in [0.2, 0.25) is 5.02 Å². The Kier molecular flexibility index (Phi) is 4.59. The van der Waals surface area contributed by atoms with Gasteiger partial charge in [-0.2, -0.15) is 0 Å². The van der Waals surface area contributed by atoms with E-state index in [0.29, 0.717) is 0 Å². The summed E-state index contributed by atoms with van der Waals surface area (Å²) in [5, 5.41) is 0.790. The average molecular weight is 393 g/mol. The van der Waals surface area contributed by atoms with Crippen LogP contribution in [0.3, 0.4) is 0 Å². The molecule has 142 valence electrons. The maximum atomic E-state index is 6.46. The Hall–Kier alpha value is -0.220. The van der Waals surface area contributed by atoms with E-state index in [4.69, 9.17) is 21.4 Å². The van der Waals surface area contributed by atoms with E-state index in [9.17, 15) is 0 Å². The van der Waals surface area contributed by atoms with Gasteiger partial charge in [0.1, 0.15) is 11.2 Å². The Morgan fingerprint density at radius 3 is 2.27 bits per heavy atom. The van der Waals surface area contributed by atoms with Crippen molar-refractivity contribution >= 4 is 23.4 Å². The van der Waals surface area contributed by atoms with Crippen molar-refractivity contribution in [1.29, 1.82) is 0 Å². The summed E-state index contributed by atoms with van der Waals surface area (Å²) < 4.78 is 0. The second-order valence-electron chi connectivity index (χ2n) is 9.47. The Balaban J connectivity index is 1.27. The van der Waals surface area contributed by atoms with Gasteiger partial charge in [0.15, 0.2) is 0 Å². The molecule has 5 fully saturated rings. The number of benzene rings is 1. The lowest BCUT2D eigenvalue weighted by Crippen LogP contribution is -2.59. The van der Waals surface area contributed by atoms with E-state index in [-0.39, 0.29) is 11.2 Å². The SMILES string of the molecule is CC1(CSc2ccc(Cl)cc2)CCCC2(OO1)C1CC3CC(C1)CC2C3. The molecule has 0 amide bonds. The van der Waals surface area contributed by atoms with Crippen LogP contribution in [0, 0.1) is 23.7 Å². The van der Waals surface area contributed by atoms with Gasteiger partial charge >= 0.3 is 0 Å². The Morgan fingerprint density at radius 2 is 1.62 bits per heavy atom. The van der Waals surface area contributed by atoms with Gasteiger partial charge in [0, 0.05) is 15.7 Å². The summed E-state index contributed by atoms with van der Waals surface area (Å²) in [4.78, 5) is 14.0. The Bertz CT molecular complexity index is 633. The largest absolute Gasteiger partial charge is 0.229 e. The third-order valence-electron chi connectivity index (χ3n) is 7.55. The first-order valence-electron chi connectivity index (χ1n) is 10.3. The number of thioether (sulfide) groups is 1. The summed E-state index contributed by atoms with van der Waals surface area (Å²) in [6.45, 7) is 2.23. The van der Waals surface area contributed by atoms with E-state index in [1.807, 2.05) is 23.9 Å². The summed E-state index contributed by atoms with van der Waals surface area (Å²) in [5.74, 6) is 4.35. The molecule has 4 aliphatic carbocycles. The van der Waals surface area contributed by atoms with Crippen LogP contribution >= 0.6 is 23.4 Å². The lowest BCUT2D eigenvalue weighted by molar-refractivity contribution is -0.432. The molecule has 1 heterocycles. The summed E-state index contributed by atoms with van der Waals surface area (Å²) in [6.07, 6.45) is 10.5. The van der Waals surface area contributed by atoms with Gasteiger partial charge in [-0.3, -0.25) is 0 Å². The molecule has 0 N–H and O–H groups in total. The summed E-state index contributed by atoms with van der Waals surface area (Å²) in [5.41, 5.74) is -0.182. The van der Waals surface area contributed by atoms with Gasteiger partial charge in [-0.05, 0) is 106 Å². The van der Waals surface area contributed by atoms with Crippen molar-refractivity contribution in [3.8, 4) is 0 Å². The molecule has 1 atom stereocenters. The van der Waals surface area contributed by atoms with Crippen molar-refractivity contribution in [2.45, 2.75) is 74.4 Å². The summed E-state index contributed by atoms with van der Waals surface area (Å²) >= 11 is 7.84. The fourth-order valence-electron chi connectivity index (χ4n) is 6.39. The first-order chi connectivity index (χ1) is 12.5. The molecule has 4 saturated carbocycles. The topological polar surface area (TPSA) is 18.5 Å². The van der Waals surface area contributed by atoms with Crippen molar-refractivity contribution in [2.24, 2.45) is 23.7 Å². The molecular weight excluding hydrogens is 364 g/mol. The van der Waals surface area contributed by atoms with Gasteiger partial charge in [-0.15, -0.1) is 11.8 Å². The van der Waals surface area contributed by atoms with Crippen molar-refractivity contribution in [2.75, 3.05) is 5.75 Å². The molecule has 1 unspecified atom stereocenters. The van der Waals surface area contributed by atoms with Crippen LogP contribution in [0.5, 0.6) is 0 Å². The molecule has 4 bridgehead atoms.